The van der Waals surface area contributed by atoms with Crippen LogP contribution in [-0.4, -0.2) is 127 Å². The summed E-state index contributed by atoms with van der Waals surface area (Å²) in [5, 5.41) is 6.40. The fourth-order valence-electron chi connectivity index (χ4n) is 9.16. The number of alkyl carbamates (subject to hydrolysis) is 1. The zero-order valence-electron chi connectivity index (χ0n) is 37.6. The second kappa shape index (κ2) is 17.8. The molecule has 6 aliphatic rings. The van der Waals surface area contributed by atoms with E-state index in [9.17, 15) is 27.6 Å². The van der Waals surface area contributed by atoms with Crippen LogP contribution in [-0.2, 0) is 40.3 Å². The summed E-state index contributed by atoms with van der Waals surface area (Å²) in [6, 6.07) is 5.34. The van der Waals surface area contributed by atoms with Gasteiger partial charge in [0.15, 0.2) is 5.54 Å². The summed E-state index contributed by atoms with van der Waals surface area (Å²) in [6.45, 7) is 16.3. The monoisotopic (exact) mass is 902 g/mol. The number of carbonyl (C=O) groups is 4. The van der Waals surface area contributed by atoms with Gasteiger partial charge in [0.25, 0.3) is 5.91 Å². The van der Waals surface area contributed by atoms with Gasteiger partial charge in [-0.2, -0.15) is 0 Å². The van der Waals surface area contributed by atoms with Crippen molar-refractivity contribution in [2.45, 2.75) is 133 Å². The number of fused-ring (bicyclic) bond motifs is 5. The molecule has 2 bridgehead atoms. The highest BCUT2D eigenvalue weighted by Crippen LogP contribution is 2.43. The summed E-state index contributed by atoms with van der Waals surface area (Å²) in [7, 11) is -4.10. The van der Waals surface area contributed by atoms with Crippen molar-refractivity contribution in [1.29, 1.82) is 0 Å². The van der Waals surface area contributed by atoms with Crippen molar-refractivity contribution >= 4 is 44.7 Å². The number of nitrogens with one attached hydrogen (secondary N) is 3. The van der Waals surface area contributed by atoms with E-state index >= 15 is 0 Å². The number of para-hydroxylation sites is 1. The number of hydrogen-bond acceptors (Lipinski definition) is 12. The number of ether oxygens (including phenoxy) is 4. The molecule has 2 aromatic rings. The van der Waals surface area contributed by atoms with Gasteiger partial charge < -0.3 is 34.5 Å². The van der Waals surface area contributed by atoms with Crippen LogP contribution in [0.25, 0.3) is 10.9 Å². The number of benzene rings is 1. The molecule has 8 unspecified atom stereocenters. The van der Waals surface area contributed by atoms with Crippen LogP contribution < -0.4 is 24.8 Å². The number of pyridine rings is 1. The van der Waals surface area contributed by atoms with Gasteiger partial charge in [-0.1, -0.05) is 70.6 Å². The maximum atomic E-state index is 14.9. The minimum absolute atomic E-state index is 0.0320. The molecule has 346 valence electrons. The Morgan fingerprint density at radius 1 is 1.11 bits per heavy atom. The van der Waals surface area contributed by atoms with Gasteiger partial charge in [-0.25, -0.2) is 22.9 Å². The maximum absolute atomic E-state index is 14.9. The average molecular weight is 903 g/mol. The van der Waals surface area contributed by atoms with Gasteiger partial charge in [-0.15, -0.1) is 6.58 Å². The lowest BCUT2D eigenvalue weighted by Crippen LogP contribution is -2.68. The molecule has 3 aliphatic heterocycles. The first-order valence-electron chi connectivity index (χ1n) is 22.8. The molecule has 1 aromatic heterocycles. The minimum atomic E-state index is -4.10. The summed E-state index contributed by atoms with van der Waals surface area (Å²) in [4.78, 5) is 65.8. The van der Waals surface area contributed by atoms with Crippen LogP contribution in [0.2, 0.25) is 0 Å². The molecule has 1 aromatic carbocycles. The van der Waals surface area contributed by atoms with Crippen molar-refractivity contribution in [3.05, 3.63) is 42.5 Å². The number of carbonyl (C=O) groups excluding carboxylic acids is 4. The number of rotatable bonds is 10. The Bertz CT molecular complexity index is 2350. The van der Waals surface area contributed by atoms with E-state index in [4.69, 9.17) is 23.9 Å². The SMILES string of the molecule is C=CC1C#CC1(NC(=O)C1CC2CN1C(=O)C(C(C)(C)C)NC(=O)OC1CC1CCCCCc1c(nc3ccccc3c1OCC1CN(CC)CCO1)O2)C(=O)NS(=O)(=O)C1(C)CC1. The van der Waals surface area contributed by atoms with Crippen molar-refractivity contribution < 1.29 is 46.5 Å². The summed E-state index contributed by atoms with van der Waals surface area (Å²) < 4.78 is 53.1. The van der Waals surface area contributed by atoms with Gasteiger partial charge >= 0.3 is 6.09 Å². The molecule has 17 heteroatoms. The Kier molecular flexibility index (Phi) is 12.7. The zero-order chi connectivity index (χ0) is 45.6. The number of likely N-dealkylation sites (N-methyl/N-ethyl adjacent to an activating group) is 1. The van der Waals surface area contributed by atoms with E-state index in [1.807, 2.05) is 45.0 Å². The highest BCUT2D eigenvalue weighted by Gasteiger charge is 2.57. The summed E-state index contributed by atoms with van der Waals surface area (Å²) in [6.07, 6.45) is 5.07. The van der Waals surface area contributed by atoms with E-state index in [2.05, 4.69) is 45.6 Å². The van der Waals surface area contributed by atoms with Crippen LogP contribution in [0.1, 0.15) is 91.5 Å². The molecule has 2 saturated carbocycles. The van der Waals surface area contributed by atoms with E-state index in [1.165, 1.54) is 11.0 Å². The van der Waals surface area contributed by atoms with Crippen molar-refractivity contribution in [1.82, 2.24) is 30.1 Å². The second-order valence-corrected chi connectivity index (χ2v) is 21.8. The van der Waals surface area contributed by atoms with Crippen molar-refractivity contribution in [2.75, 3.05) is 39.4 Å². The van der Waals surface area contributed by atoms with Crippen molar-refractivity contribution in [3.63, 3.8) is 0 Å². The van der Waals surface area contributed by atoms with E-state index < -0.39 is 73.6 Å². The Labute approximate surface area is 376 Å². The highest BCUT2D eigenvalue weighted by molar-refractivity contribution is 7.91. The van der Waals surface area contributed by atoms with E-state index in [1.54, 1.807) is 6.92 Å². The zero-order valence-corrected chi connectivity index (χ0v) is 38.4. The summed E-state index contributed by atoms with van der Waals surface area (Å²) >= 11 is 0. The van der Waals surface area contributed by atoms with Gasteiger partial charge in [0.1, 0.15) is 42.8 Å². The van der Waals surface area contributed by atoms with Crippen LogP contribution in [0.4, 0.5) is 4.79 Å². The van der Waals surface area contributed by atoms with E-state index in [-0.39, 0.29) is 31.1 Å². The Morgan fingerprint density at radius 3 is 2.59 bits per heavy atom. The lowest BCUT2D eigenvalue weighted by atomic mass is 9.76. The number of morpholine rings is 1. The third-order valence-corrected chi connectivity index (χ3v) is 15.9. The molecule has 4 fully saturated rings. The molecular formula is C47H62N6O10S. The second-order valence-electron chi connectivity index (χ2n) is 19.6. The van der Waals surface area contributed by atoms with E-state index in [0.717, 1.165) is 62.7 Å². The maximum Gasteiger partial charge on any atom is 0.408 e. The number of aromatic nitrogens is 1. The van der Waals surface area contributed by atoms with Gasteiger partial charge in [-0.05, 0) is 75.5 Å². The molecular weight excluding hydrogens is 841 g/mol. The van der Waals surface area contributed by atoms with Gasteiger partial charge in [0.05, 0.1) is 34.9 Å². The fourth-order valence-corrected chi connectivity index (χ4v) is 10.5. The molecule has 2 saturated heterocycles. The molecule has 0 spiro atoms. The molecule has 8 rings (SSSR count). The van der Waals surface area contributed by atoms with Crippen molar-refractivity contribution in [2.24, 2.45) is 17.3 Å². The largest absolute Gasteiger partial charge is 0.490 e. The fraction of sp³-hybridized carbons (Fsp3) is 0.638. The van der Waals surface area contributed by atoms with Crippen LogP contribution in [0.15, 0.2) is 36.9 Å². The van der Waals surface area contributed by atoms with Gasteiger partial charge in [0, 0.05) is 24.9 Å². The molecule has 16 nitrogen and oxygen atoms in total. The molecule has 0 radical (unpaired) electrons. The Hall–Kier alpha value is -4.92. The third-order valence-electron chi connectivity index (χ3n) is 13.7. The first-order chi connectivity index (χ1) is 30.4. The smallest absolute Gasteiger partial charge is 0.408 e. The molecule has 4 heterocycles. The number of hydrogen-bond donors (Lipinski definition) is 3. The highest BCUT2D eigenvalue weighted by atomic mass is 32.2. The van der Waals surface area contributed by atoms with Crippen LogP contribution >= 0.6 is 0 Å². The van der Waals surface area contributed by atoms with Gasteiger partial charge in [-0.3, -0.25) is 19.3 Å². The Morgan fingerprint density at radius 2 is 1.89 bits per heavy atom. The van der Waals surface area contributed by atoms with Crippen LogP contribution in [0, 0.1) is 29.1 Å². The molecule has 64 heavy (non-hydrogen) atoms. The van der Waals surface area contributed by atoms with Crippen LogP contribution in [0.5, 0.6) is 11.6 Å². The molecule has 3 N–H and O–H groups in total. The molecule has 8 atom stereocenters. The van der Waals surface area contributed by atoms with E-state index in [0.29, 0.717) is 49.6 Å². The predicted octanol–water partition coefficient (Wildman–Crippen LogP) is 4.00. The quantitative estimate of drug-likeness (QED) is 0.230. The average Bonchev–Trinajstić information content (AvgIpc) is 4.14. The number of nitrogens with zero attached hydrogens (tertiary/aromatic N) is 3. The lowest BCUT2D eigenvalue weighted by molar-refractivity contribution is -0.143. The number of amides is 4. The number of sulfonamides is 1. The van der Waals surface area contributed by atoms with Crippen LogP contribution in [0.3, 0.4) is 0 Å². The summed E-state index contributed by atoms with van der Waals surface area (Å²) in [5.74, 6) is 3.50. The topological polar surface area (TPSA) is 195 Å². The molecule has 4 amide bonds. The first-order valence-corrected chi connectivity index (χ1v) is 24.3. The lowest BCUT2D eigenvalue weighted by Gasteiger charge is -2.39. The van der Waals surface area contributed by atoms with Gasteiger partial charge in [0.2, 0.25) is 27.7 Å². The predicted molar refractivity (Wildman–Crippen MR) is 238 cm³/mol. The minimum Gasteiger partial charge on any atom is -0.490 e. The van der Waals surface area contributed by atoms with Crippen molar-refractivity contribution in [3.8, 4) is 23.5 Å². The molecule has 3 aliphatic carbocycles. The Balaban J connectivity index is 1.15. The standard InChI is InChI=1S/C47H62N6O10S/c1-7-30-18-19-47(30,43(56)51-64(58,59)46(6)20-21-46)50-40(54)36-25-31-27-53(36)42(55)39(45(3,4)5)49-44(57)63-37-24-29(37)14-10-9-11-16-34-38(61-28-32-26-52(8-2)22-23-60-32)33-15-12-13-17-35(33)48-41(34)62-31/h7,12-13,15,17,29-32,36-37,39H,1,8-11,14,16,20-28H2,2-6H3,(H,49,57)(H,50,54)(H,51,56). The third kappa shape index (κ3) is 9.28. The first kappa shape index (κ1) is 45.6. The normalized spacial score (nSPS) is 30.5. The summed E-state index contributed by atoms with van der Waals surface area (Å²) in [5.41, 5.74) is -1.38.